The van der Waals surface area contributed by atoms with E-state index in [0.29, 0.717) is 27.3 Å². The maximum absolute atomic E-state index is 13.2. The lowest BCUT2D eigenvalue weighted by atomic mass is 10.1. The molecule has 0 aliphatic carbocycles. The molecule has 0 aliphatic heterocycles. The highest BCUT2D eigenvalue weighted by Crippen LogP contribution is 2.34. The first kappa shape index (κ1) is 18.3. The average molecular weight is 393 g/mol. The van der Waals surface area contributed by atoms with E-state index >= 15 is 0 Å². The summed E-state index contributed by atoms with van der Waals surface area (Å²) in [5.41, 5.74) is 2.85. The number of amides is 1. The van der Waals surface area contributed by atoms with Crippen molar-refractivity contribution in [2.24, 2.45) is 0 Å². The molecule has 0 fully saturated rings. The third-order valence-corrected chi connectivity index (χ3v) is 5.90. The number of carbonyl (C=O) groups is 1. The van der Waals surface area contributed by atoms with Crippen LogP contribution in [0.25, 0.3) is 21.1 Å². The Morgan fingerprint density at radius 3 is 2.50 bits per heavy atom. The maximum atomic E-state index is 13.2. The van der Waals surface area contributed by atoms with Gasteiger partial charge in [0.25, 0.3) is 5.91 Å². The zero-order valence-electron chi connectivity index (χ0n) is 16.0. The summed E-state index contributed by atoms with van der Waals surface area (Å²) in [5, 5.41) is 1.27. The van der Waals surface area contributed by atoms with E-state index in [1.165, 1.54) is 11.3 Å². The largest absolute Gasteiger partial charge is 0.495 e. The van der Waals surface area contributed by atoms with Crippen LogP contribution >= 0.6 is 11.3 Å². The number of anilines is 1. The van der Waals surface area contributed by atoms with E-state index in [-0.39, 0.29) is 5.91 Å². The minimum Gasteiger partial charge on any atom is -0.495 e. The van der Waals surface area contributed by atoms with E-state index in [9.17, 15) is 9.59 Å². The third-order valence-electron chi connectivity index (χ3n) is 4.75. The van der Waals surface area contributed by atoms with E-state index in [0.717, 1.165) is 21.2 Å². The first-order valence-corrected chi connectivity index (χ1v) is 9.60. The molecule has 0 saturated heterocycles. The summed E-state index contributed by atoms with van der Waals surface area (Å²) < 4.78 is 11.6. The van der Waals surface area contributed by atoms with Gasteiger partial charge in [0, 0.05) is 12.4 Å². The molecule has 5 nitrogen and oxygen atoms in total. The van der Waals surface area contributed by atoms with Crippen molar-refractivity contribution in [2.75, 3.05) is 19.1 Å². The van der Waals surface area contributed by atoms with Gasteiger partial charge in [0.1, 0.15) is 11.3 Å². The van der Waals surface area contributed by atoms with E-state index in [1.807, 2.05) is 44.2 Å². The summed E-state index contributed by atoms with van der Waals surface area (Å²) in [6.45, 7) is 3.94. The molecule has 0 spiro atoms. The number of fused-ring (bicyclic) bond motifs is 3. The minimum atomic E-state index is -0.433. The van der Waals surface area contributed by atoms with Crippen LogP contribution in [0, 0.1) is 13.8 Å². The normalized spacial score (nSPS) is 11.1. The summed E-state index contributed by atoms with van der Waals surface area (Å²) >= 11 is 1.31. The number of nitrogens with zero attached hydrogens (tertiary/aromatic N) is 1. The molecule has 2 aromatic heterocycles. The zero-order chi connectivity index (χ0) is 20.0. The van der Waals surface area contributed by atoms with Gasteiger partial charge in [-0.25, -0.2) is 4.79 Å². The summed E-state index contributed by atoms with van der Waals surface area (Å²) in [5.74, 6) is 0.411. The predicted molar refractivity (Wildman–Crippen MR) is 113 cm³/mol. The average Bonchev–Trinajstić information content (AvgIpc) is 3.14. The highest BCUT2D eigenvalue weighted by molar-refractivity contribution is 7.21. The molecule has 0 saturated carbocycles. The van der Waals surface area contributed by atoms with Gasteiger partial charge in [-0.15, -0.1) is 11.3 Å². The molecule has 0 aliphatic rings. The highest BCUT2D eigenvalue weighted by atomic mass is 32.1. The van der Waals surface area contributed by atoms with Crippen molar-refractivity contribution in [2.45, 2.75) is 13.8 Å². The molecule has 0 bridgehead atoms. The third kappa shape index (κ3) is 2.96. The van der Waals surface area contributed by atoms with Crippen molar-refractivity contribution in [1.29, 1.82) is 0 Å². The quantitative estimate of drug-likeness (QED) is 0.464. The topological polar surface area (TPSA) is 59.8 Å². The molecule has 0 N–H and O–H groups in total. The van der Waals surface area contributed by atoms with E-state index in [1.54, 1.807) is 31.2 Å². The first-order valence-electron chi connectivity index (χ1n) is 8.78. The fourth-order valence-electron chi connectivity index (χ4n) is 3.25. The van der Waals surface area contributed by atoms with Crippen molar-refractivity contribution in [3.63, 3.8) is 0 Å². The Hall–Kier alpha value is -3.12. The van der Waals surface area contributed by atoms with Crippen molar-refractivity contribution in [3.05, 3.63) is 68.9 Å². The Labute approximate surface area is 165 Å². The SMILES string of the molecule is COc1ccc(C)cc1N(C)C(=O)c1cc2c(=O)oc3ccc(C)cc3c2s1. The first-order chi connectivity index (χ1) is 13.4. The van der Waals surface area contributed by atoms with E-state index < -0.39 is 5.63 Å². The van der Waals surface area contributed by atoms with Crippen molar-refractivity contribution >= 4 is 44.0 Å². The van der Waals surface area contributed by atoms with Gasteiger partial charge in [-0.3, -0.25) is 4.79 Å². The van der Waals surface area contributed by atoms with Gasteiger partial charge in [0.05, 0.1) is 27.8 Å². The lowest BCUT2D eigenvalue weighted by Gasteiger charge is -2.19. The van der Waals surface area contributed by atoms with Crippen molar-refractivity contribution in [3.8, 4) is 5.75 Å². The summed E-state index contributed by atoms with van der Waals surface area (Å²) in [4.78, 5) is 27.6. The lowest BCUT2D eigenvalue weighted by molar-refractivity contribution is 0.0996. The standard InChI is InChI=1S/C22H19NO4S/c1-12-5-7-17-14(9-12)20-15(22(25)27-17)11-19(28-20)21(24)23(3)16-10-13(2)6-8-18(16)26-4/h5-11H,1-4H3. The van der Waals surface area contributed by atoms with Crippen LogP contribution in [-0.2, 0) is 0 Å². The van der Waals surface area contributed by atoms with Crippen LogP contribution in [0.5, 0.6) is 5.75 Å². The van der Waals surface area contributed by atoms with E-state index in [4.69, 9.17) is 9.15 Å². The van der Waals surface area contributed by atoms with Crippen LogP contribution in [0.15, 0.2) is 51.7 Å². The summed E-state index contributed by atoms with van der Waals surface area (Å²) in [6, 6.07) is 12.9. The van der Waals surface area contributed by atoms with Gasteiger partial charge in [-0.05, 0) is 49.7 Å². The van der Waals surface area contributed by atoms with Gasteiger partial charge < -0.3 is 14.1 Å². The molecular formula is C22H19NO4S. The second-order valence-electron chi connectivity index (χ2n) is 6.78. The molecule has 4 rings (SSSR count). The Kier molecular flexibility index (Phi) is 4.43. The highest BCUT2D eigenvalue weighted by Gasteiger charge is 2.21. The monoisotopic (exact) mass is 393 g/mol. The molecule has 1 amide bonds. The summed E-state index contributed by atoms with van der Waals surface area (Å²) in [7, 11) is 3.28. The zero-order valence-corrected chi connectivity index (χ0v) is 16.8. The van der Waals surface area contributed by atoms with Crippen LogP contribution in [0.1, 0.15) is 20.8 Å². The molecule has 4 aromatic rings. The number of carbonyl (C=O) groups excluding carboxylic acids is 1. The lowest BCUT2D eigenvalue weighted by Crippen LogP contribution is -2.26. The maximum Gasteiger partial charge on any atom is 0.345 e. The summed E-state index contributed by atoms with van der Waals surface area (Å²) in [6.07, 6.45) is 0. The number of ether oxygens (including phenoxy) is 1. The number of methoxy groups -OCH3 is 1. The fourth-order valence-corrected chi connectivity index (χ4v) is 4.39. The number of thiophene rings is 1. The molecule has 142 valence electrons. The van der Waals surface area contributed by atoms with Crippen molar-refractivity contribution in [1.82, 2.24) is 0 Å². The van der Waals surface area contributed by atoms with Crippen LogP contribution in [0.4, 0.5) is 5.69 Å². The Morgan fingerprint density at radius 1 is 1.04 bits per heavy atom. The molecule has 2 heterocycles. The molecule has 2 aromatic carbocycles. The Morgan fingerprint density at radius 2 is 1.75 bits per heavy atom. The van der Waals surface area contributed by atoms with Crippen LogP contribution in [0.2, 0.25) is 0 Å². The smallest absolute Gasteiger partial charge is 0.345 e. The molecule has 0 radical (unpaired) electrons. The second kappa shape index (κ2) is 6.80. The molecular weight excluding hydrogens is 374 g/mol. The van der Waals surface area contributed by atoms with Gasteiger partial charge in [0.15, 0.2) is 0 Å². The number of aryl methyl sites for hydroxylation is 2. The minimum absolute atomic E-state index is 0.203. The molecule has 0 unspecified atom stereocenters. The number of hydrogen-bond acceptors (Lipinski definition) is 5. The second-order valence-corrected chi connectivity index (χ2v) is 7.83. The fraction of sp³-hybridized carbons (Fsp3) is 0.182. The van der Waals surface area contributed by atoms with Gasteiger partial charge in [0.2, 0.25) is 0 Å². The molecule has 28 heavy (non-hydrogen) atoms. The number of hydrogen-bond donors (Lipinski definition) is 0. The predicted octanol–water partition coefficient (Wildman–Crippen LogP) is 4.91. The Balaban J connectivity index is 1.85. The van der Waals surface area contributed by atoms with Gasteiger partial charge in [-0.1, -0.05) is 17.7 Å². The number of benzene rings is 2. The van der Waals surface area contributed by atoms with Crippen LogP contribution in [-0.4, -0.2) is 20.1 Å². The molecule has 0 atom stereocenters. The Bertz CT molecular complexity index is 1290. The van der Waals surface area contributed by atoms with Crippen LogP contribution in [0.3, 0.4) is 0 Å². The number of rotatable bonds is 3. The van der Waals surface area contributed by atoms with Gasteiger partial charge >= 0.3 is 5.63 Å². The van der Waals surface area contributed by atoms with Crippen molar-refractivity contribution < 1.29 is 13.9 Å². The molecule has 6 heteroatoms. The van der Waals surface area contributed by atoms with Gasteiger partial charge in [-0.2, -0.15) is 0 Å². The van der Waals surface area contributed by atoms with E-state index in [2.05, 4.69) is 0 Å². The van der Waals surface area contributed by atoms with Crippen LogP contribution < -0.4 is 15.3 Å².